The Kier molecular flexibility index (Phi) is 6.67. The van der Waals surface area contributed by atoms with Crippen LogP contribution >= 0.6 is 0 Å². The van der Waals surface area contributed by atoms with Crippen LogP contribution in [0.3, 0.4) is 0 Å². The zero-order valence-corrected chi connectivity index (χ0v) is 17.7. The SMILES string of the molecule is O=C(Cc1ccc(N2CCCC2=O)cc1)N1CCN(CC(=O)N2CCCCC2)CC1. The number of carbonyl (C=O) groups is 3. The van der Waals surface area contributed by atoms with Gasteiger partial charge in [0.1, 0.15) is 0 Å². The van der Waals surface area contributed by atoms with Gasteiger partial charge in [0.05, 0.1) is 13.0 Å². The monoisotopic (exact) mass is 412 g/mol. The van der Waals surface area contributed by atoms with E-state index in [-0.39, 0.29) is 17.7 Å². The van der Waals surface area contributed by atoms with E-state index < -0.39 is 0 Å². The molecule has 162 valence electrons. The zero-order chi connectivity index (χ0) is 20.9. The van der Waals surface area contributed by atoms with E-state index in [1.165, 1.54) is 6.42 Å². The Morgan fingerprint density at radius 1 is 0.733 bits per heavy atom. The molecular formula is C23H32N4O3. The molecule has 3 aliphatic heterocycles. The summed E-state index contributed by atoms with van der Waals surface area (Å²) >= 11 is 0. The average Bonchev–Trinajstić information content (AvgIpc) is 3.21. The summed E-state index contributed by atoms with van der Waals surface area (Å²) < 4.78 is 0. The van der Waals surface area contributed by atoms with Crippen molar-refractivity contribution >= 4 is 23.4 Å². The van der Waals surface area contributed by atoms with Gasteiger partial charge in [0.25, 0.3) is 0 Å². The Hall–Kier alpha value is -2.41. The minimum atomic E-state index is 0.127. The first-order valence-corrected chi connectivity index (χ1v) is 11.3. The normalized spacial score (nSPS) is 20.7. The first-order valence-electron chi connectivity index (χ1n) is 11.3. The number of nitrogens with zero attached hydrogens (tertiary/aromatic N) is 4. The molecule has 0 unspecified atom stereocenters. The highest BCUT2D eigenvalue weighted by Gasteiger charge is 2.25. The largest absolute Gasteiger partial charge is 0.342 e. The fourth-order valence-corrected chi connectivity index (χ4v) is 4.59. The molecular weight excluding hydrogens is 380 g/mol. The van der Waals surface area contributed by atoms with Crippen molar-refractivity contribution in [3.05, 3.63) is 29.8 Å². The van der Waals surface area contributed by atoms with Gasteiger partial charge in [0.2, 0.25) is 17.7 Å². The van der Waals surface area contributed by atoms with Gasteiger partial charge in [0, 0.05) is 57.9 Å². The molecule has 3 heterocycles. The van der Waals surface area contributed by atoms with Crippen LogP contribution in [0.5, 0.6) is 0 Å². The molecule has 3 aliphatic rings. The van der Waals surface area contributed by atoms with Gasteiger partial charge in [-0.3, -0.25) is 19.3 Å². The van der Waals surface area contributed by atoms with E-state index in [4.69, 9.17) is 0 Å². The number of amides is 3. The molecule has 0 radical (unpaired) electrons. The summed E-state index contributed by atoms with van der Waals surface area (Å²) in [5.74, 6) is 0.531. The number of likely N-dealkylation sites (tertiary alicyclic amines) is 1. The molecule has 7 nitrogen and oxygen atoms in total. The van der Waals surface area contributed by atoms with Gasteiger partial charge in [-0.05, 0) is 43.4 Å². The molecule has 3 amide bonds. The molecule has 0 atom stereocenters. The molecule has 7 heteroatoms. The molecule has 0 aromatic heterocycles. The lowest BCUT2D eigenvalue weighted by atomic mass is 10.1. The van der Waals surface area contributed by atoms with Gasteiger partial charge in [-0.25, -0.2) is 0 Å². The fraction of sp³-hybridized carbons (Fsp3) is 0.609. The van der Waals surface area contributed by atoms with Crippen LogP contribution in [0.25, 0.3) is 0 Å². The van der Waals surface area contributed by atoms with E-state index in [0.29, 0.717) is 32.5 Å². The Morgan fingerprint density at radius 3 is 2.03 bits per heavy atom. The van der Waals surface area contributed by atoms with Crippen molar-refractivity contribution in [1.29, 1.82) is 0 Å². The number of carbonyl (C=O) groups excluding carboxylic acids is 3. The van der Waals surface area contributed by atoms with Crippen molar-refractivity contribution in [2.45, 2.75) is 38.5 Å². The van der Waals surface area contributed by atoms with Gasteiger partial charge >= 0.3 is 0 Å². The van der Waals surface area contributed by atoms with E-state index in [1.807, 2.05) is 39.0 Å². The Morgan fingerprint density at radius 2 is 1.40 bits per heavy atom. The van der Waals surface area contributed by atoms with Crippen molar-refractivity contribution in [3.63, 3.8) is 0 Å². The van der Waals surface area contributed by atoms with E-state index in [1.54, 1.807) is 0 Å². The smallest absolute Gasteiger partial charge is 0.236 e. The standard InChI is InChI=1S/C23H32N4O3/c28-21-5-4-12-27(21)20-8-6-19(7-9-20)17-22(29)26-15-13-24(14-16-26)18-23(30)25-10-2-1-3-11-25/h6-9H,1-5,10-18H2. The summed E-state index contributed by atoms with van der Waals surface area (Å²) in [5, 5.41) is 0. The molecule has 0 aliphatic carbocycles. The lowest BCUT2D eigenvalue weighted by molar-refractivity contribution is -0.135. The zero-order valence-electron chi connectivity index (χ0n) is 17.7. The van der Waals surface area contributed by atoms with Gasteiger partial charge in [-0.15, -0.1) is 0 Å². The molecule has 3 saturated heterocycles. The number of hydrogen-bond acceptors (Lipinski definition) is 4. The van der Waals surface area contributed by atoms with Gasteiger partial charge in [-0.1, -0.05) is 12.1 Å². The van der Waals surface area contributed by atoms with E-state index in [9.17, 15) is 14.4 Å². The van der Waals surface area contributed by atoms with Crippen molar-refractivity contribution < 1.29 is 14.4 Å². The van der Waals surface area contributed by atoms with Crippen LogP contribution in [0, 0.1) is 0 Å². The van der Waals surface area contributed by atoms with E-state index in [2.05, 4.69) is 4.90 Å². The summed E-state index contributed by atoms with van der Waals surface area (Å²) in [4.78, 5) is 44.9. The van der Waals surface area contributed by atoms with E-state index >= 15 is 0 Å². The van der Waals surface area contributed by atoms with Crippen LogP contribution in [0.2, 0.25) is 0 Å². The van der Waals surface area contributed by atoms with Crippen molar-refractivity contribution in [1.82, 2.24) is 14.7 Å². The molecule has 1 aromatic rings. The first kappa shape index (κ1) is 20.8. The third-order valence-corrected chi connectivity index (χ3v) is 6.47. The van der Waals surface area contributed by atoms with Crippen molar-refractivity contribution in [2.24, 2.45) is 0 Å². The van der Waals surface area contributed by atoms with Gasteiger partial charge < -0.3 is 14.7 Å². The summed E-state index contributed by atoms with van der Waals surface area (Å²) in [6.45, 7) is 5.88. The molecule has 4 rings (SSSR count). The third kappa shape index (κ3) is 5.01. The topological polar surface area (TPSA) is 64.2 Å². The summed E-state index contributed by atoms with van der Waals surface area (Å²) in [5.41, 5.74) is 1.89. The van der Waals surface area contributed by atoms with Crippen molar-refractivity contribution in [2.75, 3.05) is 57.3 Å². The lowest BCUT2D eigenvalue weighted by Crippen LogP contribution is -2.52. The van der Waals surface area contributed by atoms with Crippen LogP contribution in [0.15, 0.2) is 24.3 Å². The first-order chi connectivity index (χ1) is 14.6. The number of anilines is 1. The van der Waals surface area contributed by atoms with Crippen LogP contribution in [-0.4, -0.2) is 84.8 Å². The maximum Gasteiger partial charge on any atom is 0.236 e. The summed E-state index contributed by atoms with van der Waals surface area (Å²) in [6.07, 6.45) is 5.36. The molecule has 0 saturated carbocycles. The highest BCUT2D eigenvalue weighted by atomic mass is 16.2. The van der Waals surface area contributed by atoms with Crippen molar-refractivity contribution in [3.8, 4) is 0 Å². The van der Waals surface area contributed by atoms with Gasteiger partial charge in [0.15, 0.2) is 0 Å². The maximum absolute atomic E-state index is 12.7. The minimum Gasteiger partial charge on any atom is -0.342 e. The van der Waals surface area contributed by atoms with Gasteiger partial charge in [-0.2, -0.15) is 0 Å². The number of hydrogen-bond donors (Lipinski definition) is 0. The second-order valence-corrected chi connectivity index (χ2v) is 8.59. The highest BCUT2D eigenvalue weighted by molar-refractivity contribution is 5.95. The predicted octanol–water partition coefficient (Wildman–Crippen LogP) is 1.51. The quantitative estimate of drug-likeness (QED) is 0.736. The van der Waals surface area contributed by atoms with Crippen LogP contribution < -0.4 is 4.90 Å². The fourth-order valence-electron chi connectivity index (χ4n) is 4.59. The average molecular weight is 413 g/mol. The molecule has 1 aromatic carbocycles. The number of piperazine rings is 1. The molecule has 0 bridgehead atoms. The van der Waals surface area contributed by atoms with Crippen LogP contribution in [0.1, 0.15) is 37.7 Å². The molecule has 0 spiro atoms. The van der Waals surface area contributed by atoms with Crippen LogP contribution in [0.4, 0.5) is 5.69 Å². The van der Waals surface area contributed by atoms with Crippen LogP contribution in [-0.2, 0) is 20.8 Å². The summed E-state index contributed by atoms with van der Waals surface area (Å²) in [7, 11) is 0. The maximum atomic E-state index is 12.7. The second kappa shape index (κ2) is 9.60. The predicted molar refractivity (Wildman–Crippen MR) is 115 cm³/mol. The second-order valence-electron chi connectivity index (χ2n) is 8.59. The number of rotatable bonds is 5. The number of benzene rings is 1. The summed E-state index contributed by atoms with van der Waals surface area (Å²) in [6, 6.07) is 7.78. The minimum absolute atomic E-state index is 0.127. The lowest BCUT2D eigenvalue weighted by Gasteiger charge is -2.36. The molecule has 0 N–H and O–H groups in total. The molecule has 30 heavy (non-hydrogen) atoms. The number of piperidine rings is 1. The Labute approximate surface area is 178 Å². The third-order valence-electron chi connectivity index (χ3n) is 6.47. The Bertz CT molecular complexity index is 765. The highest BCUT2D eigenvalue weighted by Crippen LogP contribution is 2.22. The van der Waals surface area contributed by atoms with E-state index in [0.717, 1.165) is 63.2 Å². The Balaban J connectivity index is 1.22. The molecule has 3 fully saturated rings.